The lowest BCUT2D eigenvalue weighted by Gasteiger charge is -2.05. The Labute approximate surface area is 110 Å². The van der Waals surface area contributed by atoms with E-state index >= 15 is 0 Å². The summed E-state index contributed by atoms with van der Waals surface area (Å²) in [6.07, 6.45) is 3.11. The predicted octanol–water partition coefficient (Wildman–Crippen LogP) is 1.98. The van der Waals surface area contributed by atoms with Gasteiger partial charge < -0.3 is 0 Å². The fraction of sp³-hybridized carbons (Fsp3) is 0.0769. The molecule has 2 heterocycles. The number of hydrogen-bond donors (Lipinski definition) is 0. The first kappa shape index (κ1) is 11.9. The molecule has 19 heavy (non-hydrogen) atoms. The average Bonchev–Trinajstić information content (AvgIpc) is 2.86. The van der Waals surface area contributed by atoms with Crippen molar-refractivity contribution in [2.45, 2.75) is 11.8 Å². The van der Waals surface area contributed by atoms with Crippen LogP contribution in [0.15, 0.2) is 53.7 Å². The molecule has 0 fully saturated rings. The van der Waals surface area contributed by atoms with Crippen LogP contribution in [-0.4, -0.2) is 22.6 Å². The number of pyridine rings is 1. The van der Waals surface area contributed by atoms with E-state index in [2.05, 4.69) is 10.1 Å². The van der Waals surface area contributed by atoms with Crippen molar-refractivity contribution in [3.05, 3.63) is 54.4 Å². The molecule has 3 rings (SSSR count). The molecule has 0 unspecified atom stereocenters. The topological polar surface area (TPSA) is 64.8 Å². The van der Waals surface area contributed by atoms with Gasteiger partial charge in [0.2, 0.25) is 0 Å². The van der Waals surface area contributed by atoms with Crippen LogP contribution in [0.4, 0.5) is 0 Å². The second kappa shape index (κ2) is 4.17. The maximum atomic E-state index is 12.5. The Morgan fingerprint density at radius 1 is 1.11 bits per heavy atom. The quantitative estimate of drug-likeness (QED) is 0.716. The highest BCUT2D eigenvalue weighted by molar-refractivity contribution is 7.90. The molecule has 0 atom stereocenters. The van der Waals surface area contributed by atoms with Gasteiger partial charge in [0, 0.05) is 11.6 Å². The molecule has 0 aliphatic heterocycles. The van der Waals surface area contributed by atoms with E-state index < -0.39 is 10.0 Å². The standard InChI is InChI=1S/C13H11N3O2S/c1-10-7-8-14-13-12(10)9-15-16(13)19(17,18)11-5-3-2-4-6-11/h2-9H,1H3. The zero-order valence-electron chi connectivity index (χ0n) is 10.2. The molecule has 0 saturated carbocycles. The maximum absolute atomic E-state index is 12.5. The van der Waals surface area contributed by atoms with E-state index in [0.717, 1.165) is 15.0 Å². The monoisotopic (exact) mass is 273 g/mol. The van der Waals surface area contributed by atoms with Crippen molar-refractivity contribution in [2.24, 2.45) is 0 Å². The van der Waals surface area contributed by atoms with E-state index in [9.17, 15) is 8.42 Å². The first-order valence-electron chi connectivity index (χ1n) is 5.71. The number of fused-ring (bicyclic) bond motifs is 1. The summed E-state index contributed by atoms with van der Waals surface area (Å²) in [7, 11) is -3.70. The number of aryl methyl sites for hydroxylation is 1. The Kier molecular flexibility index (Phi) is 2.60. The van der Waals surface area contributed by atoms with Crippen LogP contribution in [-0.2, 0) is 10.0 Å². The zero-order chi connectivity index (χ0) is 13.5. The van der Waals surface area contributed by atoms with Crippen molar-refractivity contribution in [2.75, 3.05) is 0 Å². The molecule has 2 aromatic heterocycles. The minimum absolute atomic E-state index is 0.198. The number of rotatable bonds is 2. The fourth-order valence-corrected chi connectivity index (χ4v) is 3.15. The second-order valence-corrected chi connectivity index (χ2v) is 5.94. The highest BCUT2D eigenvalue weighted by atomic mass is 32.2. The average molecular weight is 273 g/mol. The first-order valence-corrected chi connectivity index (χ1v) is 7.15. The van der Waals surface area contributed by atoms with Gasteiger partial charge in [-0.1, -0.05) is 18.2 Å². The number of aromatic nitrogens is 3. The van der Waals surface area contributed by atoms with Crippen LogP contribution >= 0.6 is 0 Å². The fourth-order valence-electron chi connectivity index (χ4n) is 1.90. The van der Waals surface area contributed by atoms with Gasteiger partial charge in [-0.3, -0.25) is 0 Å². The van der Waals surface area contributed by atoms with Crippen LogP contribution in [0.1, 0.15) is 5.56 Å². The van der Waals surface area contributed by atoms with Crippen LogP contribution in [0, 0.1) is 6.92 Å². The summed E-state index contributed by atoms with van der Waals surface area (Å²) in [4.78, 5) is 4.31. The van der Waals surface area contributed by atoms with Gasteiger partial charge in [0.25, 0.3) is 10.0 Å². The normalized spacial score (nSPS) is 11.8. The van der Waals surface area contributed by atoms with Crippen LogP contribution in [0.25, 0.3) is 11.0 Å². The van der Waals surface area contributed by atoms with Crippen molar-refractivity contribution >= 4 is 21.1 Å². The predicted molar refractivity (Wildman–Crippen MR) is 71.3 cm³/mol. The SMILES string of the molecule is Cc1ccnc2c1cnn2S(=O)(=O)c1ccccc1. The Morgan fingerprint density at radius 2 is 1.84 bits per heavy atom. The molecule has 0 N–H and O–H groups in total. The lowest BCUT2D eigenvalue weighted by molar-refractivity contribution is 0.582. The number of hydrogen-bond acceptors (Lipinski definition) is 4. The van der Waals surface area contributed by atoms with Gasteiger partial charge in [-0.25, -0.2) is 4.98 Å². The summed E-state index contributed by atoms with van der Waals surface area (Å²) >= 11 is 0. The second-order valence-electron chi connectivity index (χ2n) is 4.17. The molecule has 3 aromatic rings. The largest absolute Gasteiger partial charge is 0.284 e. The van der Waals surface area contributed by atoms with E-state index in [0.29, 0.717) is 5.65 Å². The summed E-state index contributed by atoms with van der Waals surface area (Å²) in [5.41, 5.74) is 1.29. The summed E-state index contributed by atoms with van der Waals surface area (Å²) in [5.74, 6) is 0. The van der Waals surface area contributed by atoms with Crippen molar-refractivity contribution in [1.29, 1.82) is 0 Å². The van der Waals surface area contributed by atoms with E-state index in [-0.39, 0.29) is 4.90 Å². The van der Waals surface area contributed by atoms with Gasteiger partial charge in [0.05, 0.1) is 11.1 Å². The zero-order valence-corrected chi connectivity index (χ0v) is 11.0. The lowest BCUT2D eigenvalue weighted by atomic mass is 10.2. The Hall–Kier alpha value is -2.21. The lowest BCUT2D eigenvalue weighted by Crippen LogP contribution is -2.14. The molecule has 6 heteroatoms. The van der Waals surface area contributed by atoms with Gasteiger partial charge >= 0.3 is 0 Å². The van der Waals surface area contributed by atoms with E-state index in [1.54, 1.807) is 36.5 Å². The van der Waals surface area contributed by atoms with Gasteiger partial charge in [0.15, 0.2) is 5.65 Å². The molecule has 0 radical (unpaired) electrons. The van der Waals surface area contributed by atoms with E-state index in [1.165, 1.54) is 6.20 Å². The molecular formula is C13H11N3O2S. The number of nitrogens with zero attached hydrogens (tertiary/aromatic N) is 3. The van der Waals surface area contributed by atoms with Gasteiger partial charge in [0.1, 0.15) is 0 Å². The van der Waals surface area contributed by atoms with Crippen LogP contribution in [0.2, 0.25) is 0 Å². The molecule has 0 aliphatic rings. The summed E-state index contributed by atoms with van der Waals surface area (Å²) < 4.78 is 25.9. The minimum atomic E-state index is -3.70. The molecular weight excluding hydrogens is 262 g/mol. The van der Waals surface area contributed by atoms with Gasteiger partial charge in [-0.05, 0) is 30.7 Å². The molecule has 96 valence electrons. The third kappa shape index (κ3) is 1.80. The van der Waals surface area contributed by atoms with Crippen molar-refractivity contribution < 1.29 is 8.42 Å². The van der Waals surface area contributed by atoms with E-state index in [4.69, 9.17) is 0 Å². The summed E-state index contributed by atoms with van der Waals surface area (Å²) in [5, 5.41) is 4.71. The minimum Gasteiger partial charge on any atom is -0.236 e. The van der Waals surface area contributed by atoms with Crippen LogP contribution in [0.5, 0.6) is 0 Å². The Bertz CT molecular complexity index is 839. The van der Waals surface area contributed by atoms with Crippen molar-refractivity contribution in [3.8, 4) is 0 Å². The summed E-state index contributed by atoms with van der Waals surface area (Å²) in [6.45, 7) is 1.89. The molecule has 0 aliphatic carbocycles. The number of benzene rings is 1. The molecule has 5 nitrogen and oxygen atoms in total. The molecule has 0 bridgehead atoms. The summed E-state index contributed by atoms with van der Waals surface area (Å²) in [6, 6.07) is 10.0. The molecule has 0 saturated heterocycles. The first-order chi connectivity index (χ1) is 9.10. The van der Waals surface area contributed by atoms with Crippen molar-refractivity contribution in [3.63, 3.8) is 0 Å². The van der Waals surface area contributed by atoms with Gasteiger partial charge in [-0.2, -0.15) is 13.5 Å². The highest BCUT2D eigenvalue weighted by Gasteiger charge is 2.21. The van der Waals surface area contributed by atoms with Crippen molar-refractivity contribution in [1.82, 2.24) is 14.2 Å². The van der Waals surface area contributed by atoms with Crippen LogP contribution in [0.3, 0.4) is 0 Å². The van der Waals surface area contributed by atoms with Crippen LogP contribution < -0.4 is 0 Å². The smallest absolute Gasteiger partial charge is 0.236 e. The molecule has 1 aromatic carbocycles. The maximum Gasteiger partial charge on any atom is 0.284 e. The molecule has 0 amide bonds. The molecule has 0 spiro atoms. The van der Waals surface area contributed by atoms with Gasteiger partial charge in [-0.15, -0.1) is 4.09 Å². The third-order valence-electron chi connectivity index (χ3n) is 2.93. The Balaban J connectivity index is 2.29. The highest BCUT2D eigenvalue weighted by Crippen LogP contribution is 2.20. The third-order valence-corrected chi connectivity index (χ3v) is 4.52. The van der Waals surface area contributed by atoms with E-state index in [1.807, 2.05) is 13.0 Å². The Morgan fingerprint density at radius 3 is 2.58 bits per heavy atom.